The minimum Gasteiger partial charge on any atom is -0.493 e. The summed E-state index contributed by atoms with van der Waals surface area (Å²) in [6, 6.07) is 13.7. The summed E-state index contributed by atoms with van der Waals surface area (Å²) in [7, 11) is 6.05. The lowest BCUT2D eigenvalue weighted by molar-refractivity contribution is -0.137. The highest BCUT2D eigenvalue weighted by molar-refractivity contribution is 6.33. The number of para-hydroxylation sites is 3. The third-order valence-electron chi connectivity index (χ3n) is 6.14. The monoisotopic (exact) mass is 546 g/mol. The quantitative estimate of drug-likeness (QED) is 0.294. The second-order valence-electron chi connectivity index (χ2n) is 8.29. The van der Waals surface area contributed by atoms with Crippen LogP contribution in [-0.2, 0) is 6.18 Å². The van der Waals surface area contributed by atoms with E-state index in [0.29, 0.717) is 34.3 Å². The molecule has 1 aliphatic heterocycles. The molecular weight excluding hydrogens is 521 g/mol. The number of methoxy groups -OCH3 is 4. The number of hydrazone groups is 1. The Morgan fingerprint density at radius 1 is 0.842 bits per heavy atom. The topological polar surface area (TPSA) is 52.5 Å². The van der Waals surface area contributed by atoms with Crippen LogP contribution >= 0.6 is 11.6 Å². The molecule has 3 aromatic rings. The summed E-state index contributed by atoms with van der Waals surface area (Å²) in [6.07, 6.45) is -0.859. The van der Waals surface area contributed by atoms with Gasteiger partial charge in [0.1, 0.15) is 0 Å². The highest BCUT2D eigenvalue weighted by Gasteiger charge is 2.40. The van der Waals surface area contributed by atoms with Crippen molar-refractivity contribution >= 4 is 29.1 Å². The molecule has 0 fully saturated rings. The average Bonchev–Trinajstić information content (AvgIpc) is 3.33. The Bertz CT molecular complexity index is 1370. The zero-order valence-electron chi connectivity index (χ0n) is 21.2. The van der Waals surface area contributed by atoms with Gasteiger partial charge in [0.05, 0.1) is 56.5 Å². The molecule has 0 aromatic heterocycles. The number of nitrogens with zero attached hydrogens (tertiary/aromatic N) is 2. The van der Waals surface area contributed by atoms with E-state index in [9.17, 15) is 13.2 Å². The van der Waals surface area contributed by atoms with Gasteiger partial charge in [-0.05, 0) is 36.4 Å². The maximum atomic E-state index is 14.1. The molecule has 4 rings (SSSR count). The van der Waals surface area contributed by atoms with E-state index in [0.717, 1.165) is 11.6 Å². The highest BCUT2D eigenvalue weighted by atomic mass is 35.5. The van der Waals surface area contributed by atoms with Crippen LogP contribution in [0.2, 0.25) is 5.02 Å². The smallest absolute Gasteiger partial charge is 0.418 e. The molecule has 1 unspecified atom stereocenters. The maximum absolute atomic E-state index is 14.1. The van der Waals surface area contributed by atoms with E-state index in [-0.39, 0.29) is 17.1 Å². The summed E-state index contributed by atoms with van der Waals surface area (Å²) in [6.45, 7) is 0. The summed E-state index contributed by atoms with van der Waals surface area (Å²) in [4.78, 5) is 0. The van der Waals surface area contributed by atoms with Crippen molar-refractivity contribution < 1.29 is 32.1 Å². The van der Waals surface area contributed by atoms with Crippen LogP contribution in [0.15, 0.2) is 65.8 Å². The molecule has 6 nitrogen and oxygen atoms in total. The number of ether oxygens (including phenoxy) is 4. The van der Waals surface area contributed by atoms with Crippen molar-refractivity contribution in [3.05, 3.63) is 82.4 Å². The van der Waals surface area contributed by atoms with Crippen molar-refractivity contribution in [2.45, 2.75) is 18.6 Å². The Kier molecular flexibility index (Phi) is 8.06. The lowest BCUT2D eigenvalue weighted by Gasteiger charge is -2.28. The van der Waals surface area contributed by atoms with Gasteiger partial charge in [-0.3, -0.25) is 5.01 Å². The minimum atomic E-state index is -4.65. The average molecular weight is 547 g/mol. The van der Waals surface area contributed by atoms with Gasteiger partial charge in [0.2, 0.25) is 0 Å². The lowest BCUT2D eigenvalue weighted by Crippen LogP contribution is -2.23. The summed E-state index contributed by atoms with van der Waals surface area (Å²) in [5.74, 6) is 1.93. The minimum absolute atomic E-state index is 0.0740. The Balaban J connectivity index is 1.85. The molecule has 0 saturated heterocycles. The van der Waals surface area contributed by atoms with Gasteiger partial charge in [-0.2, -0.15) is 18.3 Å². The van der Waals surface area contributed by atoms with Gasteiger partial charge in [-0.15, -0.1) is 0 Å². The number of halogens is 4. The molecule has 1 heterocycles. The number of hydrogen-bond acceptors (Lipinski definition) is 6. The van der Waals surface area contributed by atoms with Gasteiger partial charge < -0.3 is 18.9 Å². The molecule has 0 N–H and O–H groups in total. The van der Waals surface area contributed by atoms with E-state index in [2.05, 4.69) is 5.10 Å². The molecule has 0 amide bonds. The Morgan fingerprint density at radius 2 is 1.47 bits per heavy atom. The standard InChI is InChI=1S/C28H26ClF3N2O4/c1-35-23-12-5-8-17(26(23)37-3)14-15-18-16-22(19-9-6-13-24(36-2)27(19)38-4)34(33-18)25-20(28(30,31)32)10-7-11-21(25)29/h5-15,22H,16H2,1-4H3. The molecule has 38 heavy (non-hydrogen) atoms. The van der Waals surface area contributed by atoms with Crippen LogP contribution in [0.4, 0.5) is 18.9 Å². The summed E-state index contributed by atoms with van der Waals surface area (Å²) in [5, 5.41) is 5.84. The number of allylic oxidation sites excluding steroid dienone is 1. The second-order valence-corrected chi connectivity index (χ2v) is 8.70. The summed E-state index contributed by atoms with van der Waals surface area (Å²) < 4.78 is 64.1. The first kappa shape index (κ1) is 27.2. The maximum Gasteiger partial charge on any atom is 0.418 e. The van der Waals surface area contributed by atoms with Crippen LogP contribution in [0.3, 0.4) is 0 Å². The molecule has 0 bridgehead atoms. The van der Waals surface area contributed by atoms with Gasteiger partial charge in [-0.25, -0.2) is 0 Å². The molecular formula is C28H26ClF3N2O4. The van der Waals surface area contributed by atoms with Crippen molar-refractivity contribution in [2.75, 3.05) is 33.4 Å². The van der Waals surface area contributed by atoms with Crippen molar-refractivity contribution in [1.82, 2.24) is 0 Å². The second kappa shape index (κ2) is 11.3. The normalized spacial score (nSPS) is 15.5. The number of hydrogen-bond donors (Lipinski definition) is 0. The SMILES string of the molecule is COc1cccc(C=CC2=NN(c3c(Cl)cccc3C(F)(F)F)C(c3cccc(OC)c3OC)C2)c1OC. The molecule has 200 valence electrons. The van der Waals surface area contributed by atoms with Crippen LogP contribution in [-0.4, -0.2) is 34.2 Å². The van der Waals surface area contributed by atoms with E-state index < -0.39 is 17.8 Å². The van der Waals surface area contributed by atoms with Crippen molar-refractivity contribution in [3.8, 4) is 23.0 Å². The van der Waals surface area contributed by atoms with Crippen molar-refractivity contribution in [3.63, 3.8) is 0 Å². The van der Waals surface area contributed by atoms with Gasteiger partial charge in [0.15, 0.2) is 23.0 Å². The zero-order valence-corrected chi connectivity index (χ0v) is 21.9. The molecule has 0 aliphatic carbocycles. The van der Waals surface area contributed by atoms with Gasteiger partial charge in [0, 0.05) is 17.5 Å². The fourth-order valence-corrected chi connectivity index (χ4v) is 4.72. The summed E-state index contributed by atoms with van der Waals surface area (Å²) >= 11 is 6.38. The van der Waals surface area contributed by atoms with Gasteiger partial charge in [-0.1, -0.05) is 41.9 Å². The van der Waals surface area contributed by atoms with Gasteiger partial charge >= 0.3 is 6.18 Å². The molecule has 0 radical (unpaired) electrons. The Labute approximate surface area is 223 Å². The lowest BCUT2D eigenvalue weighted by atomic mass is 9.98. The molecule has 3 aromatic carbocycles. The predicted molar refractivity (Wildman–Crippen MR) is 142 cm³/mol. The fourth-order valence-electron chi connectivity index (χ4n) is 4.46. The highest BCUT2D eigenvalue weighted by Crippen LogP contribution is 2.48. The Hall–Kier alpha value is -3.85. The van der Waals surface area contributed by atoms with E-state index in [1.165, 1.54) is 45.6 Å². The number of alkyl halides is 3. The predicted octanol–water partition coefficient (Wildman–Crippen LogP) is 7.41. The molecule has 0 saturated carbocycles. The first-order valence-corrected chi connectivity index (χ1v) is 11.9. The van der Waals surface area contributed by atoms with Gasteiger partial charge in [0.25, 0.3) is 0 Å². The van der Waals surface area contributed by atoms with E-state index in [4.69, 9.17) is 30.5 Å². The van der Waals surface area contributed by atoms with Crippen LogP contribution in [0.1, 0.15) is 29.2 Å². The van der Waals surface area contributed by atoms with Crippen LogP contribution in [0.5, 0.6) is 23.0 Å². The van der Waals surface area contributed by atoms with E-state index >= 15 is 0 Å². The molecule has 1 aliphatic rings. The summed E-state index contributed by atoms with van der Waals surface area (Å²) in [5.41, 5.74) is 0.722. The number of benzene rings is 3. The third kappa shape index (κ3) is 5.24. The largest absolute Gasteiger partial charge is 0.493 e. The van der Waals surface area contributed by atoms with E-state index in [1.807, 2.05) is 12.1 Å². The van der Waals surface area contributed by atoms with Crippen LogP contribution in [0, 0.1) is 0 Å². The first-order chi connectivity index (χ1) is 18.2. The molecule has 10 heteroatoms. The van der Waals surface area contributed by atoms with Crippen LogP contribution in [0.25, 0.3) is 6.08 Å². The number of anilines is 1. The number of rotatable bonds is 8. The Morgan fingerprint density at radius 3 is 2.11 bits per heavy atom. The van der Waals surface area contributed by atoms with E-state index in [1.54, 1.807) is 36.4 Å². The fraction of sp³-hybridized carbons (Fsp3) is 0.250. The molecule has 1 atom stereocenters. The van der Waals surface area contributed by atoms with Crippen molar-refractivity contribution in [1.29, 1.82) is 0 Å². The van der Waals surface area contributed by atoms with Crippen LogP contribution < -0.4 is 24.0 Å². The zero-order chi connectivity index (χ0) is 27.4. The van der Waals surface area contributed by atoms with Crippen molar-refractivity contribution in [2.24, 2.45) is 5.10 Å². The first-order valence-electron chi connectivity index (χ1n) is 11.6. The molecule has 0 spiro atoms. The third-order valence-corrected chi connectivity index (χ3v) is 6.44.